The number of nitrogens with one attached hydrogen (secondary N) is 1. The van der Waals surface area contributed by atoms with Gasteiger partial charge in [-0.2, -0.15) is 0 Å². The molecule has 110 valence electrons. The minimum Gasteiger partial charge on any atom is -0.395 e. The zero-order valence-corrected chi connectivity index (χ0v) is 11.5. The van der Waals surface area contributed by atoms with Crippen LogP contribution in [0.1, 0.15) is 24.5 Å². The van der Waals surface area contributed by atoms with Gasteiger partial charge < -0.3 is 20.4 Å². The molecular formula is C15H22N2O3. The Morgan fingerprint density at radius 2 is 2.15 bits per heavy atom. The highest BCUT2D eigenvalue weighted by atomic mass is 16.3. The van der Waals surface area contributed by atoms with Gasteiger partial charge in [-0.1, -0.05) is 30.3 Å². The summed E-state index contributed by atoms with van der Waals surface area (Å²) in [6, 6.07) is 9.14. The maximum absolute atomic E-state index is 12.4. The van der Waals surface area contributed by atoms with Crippen LogP contribution in [0, 0.1) is 0 Å². The number of amides is 1. The lowest BCUT2D eigenvalue weighted by Gasteiger charge is -2.27. The molecule has 1 aliphatic heterocycles. The van der Waals surface area contributed by atoms with Crippen LogP contribution in [0.3, 0.4) is 0 Å². The fourth-order valence-electron chi connectivity index (χ4n) is 2.54. The van der Waals surface area contributed by atoms with Crippen LogP contribution in [0.15, 0.2) is 30.3 Å². The summed E-state index contributed by atoms with van der Waals surface area (Å²) < 4.78 is 0. The standard InChI is InChI=1S/C15H22N2O3/c18-10-9-17(11-13-7-4-8-16-13)15(20)14(19)12-5-2-1-3-6-12/h1-3,5-6,13-14,16,18-19H,4,7-11H2. The molecule has 0 spiro atoms. The summed E-state index contributed by atoms with van der Waals surface area (Å²) >= 11 is 0. The molecule has 1 aromatic rings. The van der Waals surface area contributed by atoms with Crippen molar-refractivity contribution in [3.8, 4) is 0 Å². The first-order valence-corrected chi connectivity index (χ1v) is 7.08. The van der Waals surface area contributed by atoms with Gasteiger partial charge in [0, 0.05) is 19.1 Å². The summed E-state index contributed by atoms with van der Waals surface area (Å²) in [7, 11) is 0. The molecule has 2 rings (SSSR count). The van der Waals surface area contributed by atoms with Crippen LogP contribution >= 0.6 is 0 Å². The topological polar surface area (TPSA) is 72.8 Å². The van der Waals surface area contributed by atoms with E-state index in [1.54, 1.807) is 29.2 Å². The van der Waals surface area contributed by atoms with E-state index >= 15 is 0 Å². The Balaban J connectivity index is 2.01. The summed E-state index contributed by atoms with van der Waals surface area (Å²) in [6.45, 7) is 1.65. The average molecular weight is 278 g/mol. The minimum atomic E-state index is -1.16. The zero-order chi connectivity index (χ0) is 14.4. The highest BCUT2D eigenvalue weighted by Crippen LogP contribution is 2.16. The number of nitrogens with zero attached hydrogens (tertiary/aromatic N) is 1. The van der Waals surface area contributed by atoms with E-state index in [0.717, 1.165) is 19.4 Å². The number of benzene rings is 1. The van der Waals surface area contributed by atoms with Crippen molar-refractivity contribution in [1.82, 2.24) is 10.2 Å². The Labute approximate surface area is 119 Å². The highest BCUT2D eigenvalue weighted by molar-refractivity contribution is 5.82. The molecular weight excluding hydrogens is 256 g/mol. The third kappa shape index (κ3) is 3.79. The molecule has 1 amide bonds. The summed E-state index contributed by atoms with van der Waals surface area (Å²) in [5, 5.41) is 22.6. The number of aliphatic hydroxyl groups excluding tert-OH is 2. The minimum absolute atomic E-state index is 0.0973. The molecule has 20 heavy (non-hydrogen) atoms. The zero-order valence-electron chi connectivity index (χ0n) is 11.5. The molecule has 0 aliphatic carbocycles. The fourth-order valence-corrected chi connectivity index (χ4v) is 2.54. The second-order valence-corrected chi connectivity index (χ2v) is 5.11. The van der Waals surface area contributed by atoms with E-state index in [2.05, 4.69) is 5.32 Å². The van der Waals surface area contributed by atoms with Gasteiger partial charge in [0.2, 0.25) is 0 Å². The van der Waals surface area contributed by atoms with Gasteiger partial charge in [-0.25, -0.2) is 0 Å². The Kier molecular flexibility index (Phi) is 5.52. The predicted molar refractivity (Wildman–Crippen MR) is 76.1 cm³/mol. The van der Waals surface area contributed by atoms with Crippen LogP contribution in [0.5, 0.6) is 0 Å². The molecule has 1 aromatic carbocycles. The molecule has 1 saturated heterocycles. The van der Waals surface area contributed by atoms with Gasteiger partial charge in [-0.3, -0.25) is 4.79 Å². The van der Waals surface area contributed by atoms with Gasteiger partial charge in [0.15, 0.2) is 6.10 Å². The lowest BCUT2D eigenvalue weighted by atomic mass is 10.1. The maximum Gasteiger partial charge on any atom is 0.256 e. The van der Waals surface area contributed by atoms with E-state index in [9.17, 15) is 9.90 Å². The van der Waals surface area contributed by atoms with Crippen molar-refractivity contribution in [2.75, 3.05) is 26.2 Å². The van der Waals surface area contributed by atoms with E-state index in [1.165, 1.54) is 0 Å². The van der Waals surface area contributed by atoms with Gasteiger partial charge in [-0.05, 0) is 24.9 Å². The first-order valence-electron chi connectivity index (χ1n) is 7.08. The second kappa shape index (κ2) is 7.38. The van der Waals surface area contributed by atoms with E-state index in [0.29, 0.717) is 12.1 Å². The average Bonchev–Trinajstić information content (AvgIpc) is 2.99. The number of aliphatic hydroxyl groups is 2. The van der Waals surface area contributed by atoms with Crippen LogP contribution in [0.25, 0.3) is 0 Å². The number of hydrogen-bond acceptors (Lipinski definition) is 4. The lowest BCUT2D eigenvalue weighted by Crippen LogP contribution is -2.44. The Morgan fingerprint density at radius 1 is 1.40 bits per heavy atom. The largest absolute Gasteiger partial charge is 0.395 e. The molecule has 0 radical (unpaired) electrons. The van der Waals surface area contributed by atoms with Crippen molar-refractivity contribution in [2.24, 2.45) is 0 Å². The van der Waals surface area contributed by atoms with Crippen LogP contribution in [-0.4, -0.2) is 53.3 Å². The molecule has 0 bridgehead atoms. The smallest absolute Gasteiger partial charge is 0.256 e. The Morgan fingerprint density at radius 3 is 2.75 bits per heavy atom. The van der Waals surface area contributed by atoms with Gasteiger partial charge in [0.1, 0.15) is 0 Å². The van der Waals surface area contributed by atoms with Crippen LogP contribution in [-0.2, 0) is 4.79 Å². The van der Waals surface area contributed by atoms with E-state index < -0.39 is 6.10 Å². The van der Waals surface area contributed by atoms with Gasteiger partial charge in [0.25, 0.3) is 5.91 Å². The van der Waals surface area contributed by atoms with Gasteiger partial charge in [-0.15, -0.1) is 0 Å². The molecule has 5 nitrogen and oxygen atoms in total. The van der Waals surface area contributed by atoms with Gasteiger partial charge in [0.05, 0.1) is 6.61 Å². The number of rotatable bonds is 6. The Bertz CT molecular complexity index is 418. The van der Waals surface area contributed by atoms with Crippen molar-refractivity contribution in [3.05, 3.63) is 35.9 Å². The van der Waals surface area contributed by atoms with Crippen molar-refractivity contribution < 1.29 is 15.0 Å². The van der Waals surface area contributed by atoms with Crippen molar-refractivity contribution in [2.45, 2.75) is 25.0 Å². The third-order valence-corrected chi connectivity index (χ3v) is 3.63. The molecule has 1 aliphatic rings. The molecule has 0 aromatic heterocycles. The van der Waals surface area contributed by atoms with Crippen LogP contribution in [0.4, 0.5) is 0 Å². The van der Waals surface area contributed by atoms with Crippen LogP contribution in [0.2, 0.25) is 0 Å². The molecule has 3 N–H and O–H groups in total. The maximum atomic E-state index is 12.4. The second-order valence-electron chi connectivity index (χ2n) is 5.11. The summed E-state index contributed by atoms with van der Waals surface area (Å²) in [6.07, 6.45) is 0.966. The first kappa shape index (κ1) is 15.0. The Hall–Kier alpha value is -1.43. The molecule has 1 heterocycles. The molecule has 0 saturated carbocycles. The molecule has 2 unspecified atom stereocenters. The highest BCUT2D eigenvalue weighted by Gasteiger charge is 2.26. The first-order chi connectivity index (χ1) is 9.72. The van der Waals surface area contributed by atoms with Crippen molar-refractivity contribution in [3.63, 3.8) is 0 Å². The number of carbonyl (C=O) groups is 1. The van der Waals surface area contributed by atoms with Crippen molar-refractivity contribution >= 4 is 5.91 Å². The number of hydrogen-bond donors (Lipinski definition) is 3. The SMILES string of the molecule is O=C(C(O)c1ccccc1)N(CCO)CC1CCCN1. The number of carbonyl (C=O) groups excluding carboxylic acids is 1. The van der Waals surface area contributed by atoms with Crippen molar-refractivity contribution in [1.29, 1.82) is 0 Å². The monoisotopic (exact) mass is 278 g/mol. The molecule has 2 atom stereocenters. The summed E-state index contributed by atoms with van der Waals surface area (Å²) in [4.78, 5) is 13.9. The third-order valence-electron chi connectivity index (χ3n) is 3.63. The molecule has 1 fully saturated rings. The van der Waals surface area contributed by atoms with E-state index in [1.807, 2.05) is 6.07 Å². The normalized spacial score (nSPS) is 19.8. The van der Waals surface area contributed by atoms with E-state index in [-0.39, 0.29) is 25.1 Å². The summed E-state index contributed by atoms with van der Waals surface area (Å²) in [5.41, 5.74) is 0.583. The summed E-state index contributed by atoms with van der Waals surface area (Å²) in [5.74, 6) is -0.348. The fraction of sp³-hybridized carbons (Fsp3) is 0.533. The van der Waals surface area contributed by atoms with Crippen LogP contribution < -0.4 is 5.32 Å². The quantitative estimate of drug-likeness (QED) is 0.699. The lowest BCUT2D eigenvalue weighted by molar-refractivity contribution is -0.141. The van der Waals surface area contributed by atoms with E-state index in [4.69, 9.17) is 5.11 Å². The van der Waals surface area contributed by atoms with Gasteiger partial charge >= 0.3 is 0 Å². The molecule has 5 heteroatoms. The predicted octanol–water partition coefficient (Wildman–Crippen LogP) is 0.293.